The van der Waals surface area contributed by atoms with Gasteiger partial charge in [0.15, 0.2) is 5.69 Å². The van der Waals surface area contributed by atoms with Crippen LogP contribution in [0, 0.1) is 12.8 Å². The largest absolute Gasteiger partial charge is 0.331 e. The molecule has 1 amide bonds. The van der Waals surface area contributed by atoms with E-state index in [-0.39, 0.29) is 22.6 Å². The molecular weight excluding hydrogens is 364 g/mol. The first-order valence-corrected chi connectivity index (χ1v) is 9.28. The van der Waals surface area contributed by atoms with Gasteiger partial charge in [0.1, 0.15) is 13.1 Å². The molecule has 2 heterocycles. The van der Waals surface area contributed by atoms with E-state index in [1.165, 1.54) is 5.69 Å². The van der Waals surface area contributed by atoms with Crippen molar-refractivity contribution in [3.05, 3.63) is 23.9 Å². The Balaban J connectivity index is 1.97. The van der Waals surface area contributed by atoms with Gasteiger partial charge in [-0.25, -0.2) is 0 Å². The Bertz CT molecular complexity index is 579. The minimum atomic E-state index is -0.282. The summed E-state index contributed by atoms with van der Waals surface area (Å²) in [6.45, 7) is 4.70. The Labute approximate surface area is 144 Å². The second kappa shape index (κ2) is 7.59. The Hall–Kier alpha value is -0.880. The first-order chi connectivity index (χ1) is 10.4. The Kier molecular flexibility index (Phi) is 6.03. The minimum absolute atomic E-state index is 0.0803. The lowest BCUT2D eigenvalue weighted by atomic mass is 10.1. The van der Waals surface area contributed by atoms with E-state index < -0.39 is 0 Å². The van der Waals surface area contributed by atoms with Crippen molar-refractivity contribution in [2.75, 3.05) is 12.3 Å². The number of aryl methyl sites for hydroxylation is 1. The lowest BCUT2D eigenvalue weighted by molar-refractivity contribution is -0.714. The molecule has 0 bridgehead atoms. The molecule has 0 radical (unpaired) electrons. The smallest absolute Gasteiger partial charge is 0.240 e. The van der Waals surface area contributed by atoms with Gasteiger partial charge in [-0.15, -0.1) is 0 Å². The molecule has 2 rings (SSSR count). The van der Waals surface area contributed by atoms with Gasteiger partial charge in [0.25, 0.3) is 0 Å². The number of halogens is 1. The Morgan fingerprint density at radius 3 is 2.91 bits per heavy atom. The van der Waals surface area contributed by atoms with Gasteiger partial charge in [-0.1, -0.05) is 18.7 Å². The normalized spacial score (nSPS) is 19.3. The maximum atomic E-state index is 12.6. The molecule has 1 aliphatic heterocycles. The van der Waals surface area contributed by atoms with Crippen LogP contribution in [0.1, 0.15) is 25.5 Å². The van der Waals surface area contributed by atoms with Gasteiger partial charge in [-0.2, -0.15) is 4.57 Å². The molecule has 0 aromatic carbocycles. The van der Waals surface area contributed by atoms with Gasteiger partial charge in [0.2, 0.25) is 15.6 Å². The van der Waals surface area contributed by atoms with Crippen molar-refractivity contribution >= 4 is 38.3 Å². The molecule has 0 saturated carbocycles. The first kappa shape index (κ1) is 17.5. The van der Waals surface area contributed by atoms with Crippen LogP contribution in [0.25, 0.3) is 0 Å². The van der Waals surface area contributed by atoms with E-state index in [1.54, 1.807) is 16.7 Å². The summed E-state index contributed by atoms with van der Waals surface area (Å²) in [6, 6.07) is 5.88. The van der Waals surface area contributed by atoms with Crippen molar-refractivity contribution < 1.29 is 14.2 Å². The molecule has 1 unspecified atom stereocenters. The summed E-state index contributed by atoms with van der Waals surface area (Å²) in [5, 5.41) is 1.15. The lowest BCUT2D eigenvalue weighted by Crippen LogP contribution is -2.42. The topological polar surface area (TPSA) is 41.3 Å². The standard InChI is InChI=1S/C16H22BrN2O2S/c1-11(10-22-14-8-4-6-12(2)18(14)3)16(21)19-9-5-7-13(19)15(17)20/h4,6,8,11,13H,5,7,9-10H2,1-3H3/q+1/t11?,13-/m0/s1. The summed E-state index contributed by atoms with van der Waals surface area (Å²) >= 11 is 4.70. The Morgan fingerprint density at radius 1 is 1.50 bits per heavy atom. The number of pyridine rings is 1. The number of nitrogens with zero attached hydrogens (tertiary/aromatic N) is 2. The van der Waals surface area contributed by atoms with Crippen LogP contribution in [0.15, 0.2) is 23.2 Å². The van der Waals surface area contributed by atoms with E-state index in [2.05, 4.69) is 39.6 Å². The van der Waals surface area contributed by atoms with E-state index in [0.717, 1.165) is 23.6 Å². The molecule has 1 aromatic rings. The van der Waals surface area contributed by atoms with Crippen LogP contribution in [0.2, 0.25) is 0 Å². The maximum absolute atomic E-state index is 12.6. The highest BCUT2D eigenvalue weighted by atomic mass is 79.9. The van der Waals surface area contributed by atoms with Crippen LogP contribution in [0.3, 0.4) is 0 Å². The number of hydrogen-bond acceptors (Lipinski definition) is 3. The quantitative estimate of drug-likeness (QED) is 0.444. The monoisotopic (exact) mass is 385 g/mol. The van der Waals surface area contributed by atoms with E-state index in [9.17, 15) is 9.59 Å². The number of rotatable bonds is 5. The first-order valence-electron chi connectivity index (χ1n) is 7.50. The summed E-state index contributed by atoms with van der Waals surface area (Å²) in [5.74, 6) is 0.701. The summed E-state index contributed by atoms with van der Waals surface area (Å²) in [6.07, 6.45) is 1.67. The minimum Gasteiger partial charge on any atom is -0.331 e. The molecule has 120 valence electrons. The highest BCUT2D eigenvalue weighted by Gasteiger charge is 2.34. The molecule has 1 aromatic heterocycles. The van der Waals surface area contributed by atoms with Crippen molar-refractivity contribution in [1.29, 1.82) is 0 Å². The molecule has 0 aliphatic carbocycles. The zero-order chi connectivity index (χ0) is 16.3. The zero-order valence-corrected chi connectivity index (χ0v) is 15.6. The molecule has 6 heteroatoms. The van der Waals surface area contributed by atoms with E-state index in [4.69, 9.17) is 0 Å². The molecule has 2 atom stereocenters. The van der Waals surface area contributed by atoms with Crippen LogP contribution in [0.4, 0.5) is 0 Å². The third-order valence-corrected chi connectivity index (χ3v) is 6.04. The average molecular weight is 386 g/mol. The van der Waals surface area contributed by atoms with Gasteiger partial charge in [-0.05, 0) is 34.8 Å². The lowest BCUT2D eigenvalue weighted by Gasteiger charge is -2.25. The van der Waals surface area contributed by atoms with Crippen molar-refractivity contribution in [1.82, 2.24) is 4.90 Å². The molecule has 22 heavy (non-hydrogen) atoms. The average Bonchev–Trinajstić information content (AvgIpc) is 2.97. The number of amides is 1. The van der Waals surface area contributed by atoms with Crippen molar-refractivity contribution in [3.8, 4) is 0 Å². The van der Waals surface area contributed by atoms with Crippen LogP contribution in [-0.4, -0.2) is 33.8 Å². The second-order valence-corrected chi connectivity index (χ2v) is 7.59. The zero-order valence-electron chi connectivity index (χ0n) is 13.2. The maximum Gasteiger partial charge on any atom is 0.240 e. The van der Waals surface area contributed by atoms with E-state index >= 15 is 0 Å². The van der Waals surface area contributed by atoms with E-state index in [1.807, 2.05) is 20.0 Å². The third kappa shape index (κ3) is 3.90. The van der Waals surface area contributed by atoms with Crippen molar-refractivity contribution in [2.24, 2.45) is 13.0 Å². The number of thioether (sulfide) groups is 1. The van der Waals surface area contributed by atoms with Gasteiger partial charge in [-0.3, -0.25) is 9.59 Å². The van der Waals surface area contributed by atoms with E-state index in [0.29, 0.717) is 6.54 Å². The number of carbonyl (C=O) groups is 2. The summed E-state index contributed by atoms with van der Waals surface area (Å²) < 4.78 is 2.05. The predicted octanol–water partition coefficient (Wildman–Crippen LogP) is 2.46. The number of aromatic nitrogens is 1. The summed E-state index contributed by atoms with van der Waals surface area (Å²) in [4.78, 5) is 25.9. The highest BCUT2D eigenvalue weighted by Crippen LogP contribution is 2.25. The van der Waals surface area contributed by atoms with Crippen molar-refractivity contribution in [3.63, 3.8) is 0 Å². The van der Waals surface area contributed by atoms with Gasteiger partial charge in [0.05, 0.1) is 0 Å². The van der Waals surface area contributed by atoms with Gasteiger partial charge >= 0.3 is 0 Å². The van der Waals surface area contributed by atoms with Crippen LogP contribution >= 0.6 is 27.7 Å². The molecule has 0 spiro atoms. The summed E-state index contributed by atoms with van der Waals surface area (Å²) in [5.41, 5.74) is 1.19. The fraction of sp³-hybridized carbons (Fsp3) is 0.562. The molecule has 1 saturated heterocycles. The highest BCUT2D eigenvalue weighted by molar-refractivity contribution is 9.18. The molecule has 4 nitrogen and oxygen atoms in total. The van der Waals surface area contributed by atoms with Crippen LogP contribution in [0.5, 0.6) is 0 Å². The number of hydrogen-bond donors (Lipinski definition) is 0. The molecule has 1 fully saturated rings. The molecule has 1 aliphatic rings. The second-order valence-electron chi connectivity index (χ2n) is 5.77. The summed E-state index contributed by atoms with van der Waals surface area (Å²) in [7, 11) is 2.03. The molecular formula is C16H22BrN2O2S+. The number of likely N-dealkylation sites (tertiary alicyclic amines) is 1. The fourth-order valence-corrected chi connectivity index (χ4v) is 4.20. The Morgan fingerprint density at radius 2 is 2.23 bits per heavy atom. The van der Waals surface area contributed by atoms with Gasteiger partial charge in [0, 0.05) is 37.3 Å². The van der Waals surface area contributed by atoms with Crippen LogP contribution in [-0.2, 0) is 16.6 Å². The predicted molar refractivity (Wildman–Crippen MR) is 90.9 cm³/mol. The third-order valence-electron chi connectivity index (χ3n) is 4.14. The SMILES string of the molecule is Cc1cccc(SCC(C)C(=O)N2CCC[C@H]2C(=O)Br)[n+]1C. The fourth-order valence-electron chi connectivity index (χ4n) is 2.64. The van der Waals surface area contributed by atoms with Crippen molar-refractivity contribution in [2.45, 2.75) is 37.8 Å². The number of carbonyl (C=O) groups excluding carboxylic acids is 2. The van der Waals surface area contributed by atoms with Gasteiger partial charge < -0.3 is 4.90 Å². The molecule has 0 N–H and O–H groups in total. The van der Waals surface area contributed by atoms with Crippen LogP contribution < -0.4 is 4.57 Å².